The molecule has 0 amide bonds. The standard InChI is InChI=1S/C15H19NOS/c1-11(12(2)17)9-18-10-13-7-14-5-3-4-6-15(14)16-8-13/h3-8,11-12,17H,9-10H2,1-2H3. The molecule has 3 heteroatoms. The molecule has 2 rings (SSSR count). The molecule has 0 aliphatic heterocycles. The minimum absolute atomic E-state index is 0.229. The topological polar surface area (TPSA) is 33.1 Å². The van der Waals surface area contributed by atoms with Gasteiger partial charge in [0, 0.05) is 17.3 Å². The minimum Gasteiger partial charge on any atom is -0.393 e. The number of para-hydroxylation sites is 1. The molecule has 1 aromatic heterocycles. The van der Waals surface area contributed by atoms with E-state index in [2.05, 4.69) is 24.0 Å². The highest BCUT2D eigenvalue weighted by atomic mass is 32.2. The summed E-state index contributed by atoms with van der Waals surface area (Å²) in [6.07, 6.45) is 1.72. The van der Waals surface area contributed by atoms with Crippen molar-refractivity contribution >= 4 is 22.7 Å². The van der Waals surface area contributed by atoms with E-state index in [4.69, 9.17) is 0 Å². The predicted molar refractivity (Wildman–Crippen MR) is 78.7 cm³/mol. The van der Waals surface area contributed by atoms with Gasteiger partial charge in [-0.05, 0) is 36.3 Å². The number of benzene rings is 1. The van der Waals surface area contributed by atoms with E-state index in [0.717, 1.165) is 17.0 Å². The molecule has 0 saturated heterocycles. The van der Waals surface area contributed by atoms with Crippen molar-refractivity contribution < 1.29 is 5.11 Å². The summed E-state index contributed by atoms with van der Waals surface area (Å²) in [4.78, 5) is 4.45. The Labute approximate surface area is 112 Å². The second-order valence-electron chi connectivity index (χ2n) is 4.77. The van der Waals surface area contributed by atoms with E-state index in [9.17, 15) is 5.11 Å². The molecule has 2 atom stereocenters. The van der Waals surface area contributed by atoms with E-state index in [1.54, 1.807) is 0 Å². The maximum absolute atomic E-state index is 9.43. The molecule has 0 saturated carbocycles. The number of nitrogens with zero attached hydrogens (tertiary/aromatic N) is 1. The van der Waals surface area contributed by atoms with Gasteiger partial charge in [-0.1, -0.05) is 25.1 Å². The third-order valence-electron chi connectivity index (χ3n) is 3.12. The summed E-state index contributed by atoms with van der Waals surface area (Å²) in [6.45, 7) is 3.93. The molecule has 2 aromatic rings. The zero-order valence-electron chi connectivity index (χ0n) is 10.8. The highest BCUT2D eigenvalue weighted by molar-refractivity contribution is 7.98. The highest BCUT2D eigenvalue weighted by Gasteiger charge is 2.08. The molecule has 2 unspecified atom stereocenters. The zero-order chi connectivity index (χ0) is 13.0. The Morgan fingerprint density at radius 3 is 2.83 bits per heavy atom. The molecule has 2 nitrogen and oxygen atoms in total. The Morgan fingerprint density at radius 2 is 2.06 bits per heavy atom. The number of pyridine rings is 1. The molecule has 0 spiro atoms. The lowest BCUT2D eigenvalue weighted by molar-refractivity contribution is 0.146. The average molecular weight is 261 g/mol. The SMILES string of the molecule is CC(O)C(C)CSCc1cnc2ccccc2c1. The zero-order valence-corrected chi connectivity index (χ0v) is 11.7. The Morgan fingerprint density at radius 1 is 1.28 bits per heavy atom. The van der Waals surface area contributed by atoms with Crippen LogP contribution in [0.2, 0.25) is 0 Å². The molecular formula is C15H19NOS. The van der Waals surface area contributed by atoms with Crippen LogP contribution < -0.4 is 0 Å². The van der Waals surface area contributed by atoms with Gasteiger partial charge in [-0.15, -0.1) is 0 Å². The van der Waals surface area contributed by atoms with Gasteiger partial charge in [0.15, 0.2) is 0 Å². The maximum atomic E-state index is 9.43. The Kier molecular flexibility index (Phi) is 4.61. The van der Waals surface area contributed by atoms with E-state index in [0.29, 0.717) is 5.92 Å². The number of rotatable bonds is 5. The van der Waals surface area contributed by atoms with Crippen molar-refractivity contribution in [3.63, 3.8) is 0 Å². The smallest absolute Gasteiger partial charge is 0.0702 e. The van der Waals surface area contributed by atoms with Crippen molar-refractivity contribution in [2.75, 3.05) is 5.75 Å². The second kappa shape index (κ2) is 6.21. The molecule has 1 heterocycles. The molecule has 1 N–H and O–H groups in total. The first-order valence-electron chi connectivity index (χ1n) is 6.26. The maximum Gasteiger partial charge on any atom is 0.0702 e. The van der Waals surface area contributed by atoms with Gasteiger partial charge in [0.25, 0.3) is 0 Å². The highest BCUT2D eigenvalue weighted by Crippen LogP contribution is 2.19. The lowest BCUT2D eigenvalue weighted by Crippen LogP contribution is -2.15. The van der Waals surface area contributed by atoms with E-state index >= 15 is 0 Å². The quantitative estimate of drug-likeness (QED) is 0.894. The van der Waals surface area contributed by atoms with Crippen LogP contribution in [0.5, 0.6) is 0 Å². The van der Waals surface area contributed by atoms with Gasteiger partial charge in [-0.2, -0.15) is 11.8 Å². The number of aromatic nitrogens is 1. The molecule has 0 bridgehead atoms. The van der Waals surface area contributed by atoms with E-state index in [1.807, 2.05) is 43.1 Å². The van der Waals surface area contributed by atoms with Crippen molar-refractivity contribution in [2.45, 2.75) is 25.7 Å². The largest absolute Gasteiger partial charge is 0.393 e. The minimum atomic E-state index is -0.229. The van der Waals surface area contributed by atoms with E-state index in [-0.39, 0.29) is 6.10 Å². The Bertz CT molecular complexity index is 513. The molecule has 0 fully saturated rings. The number of thioether (sulfide) groups is 1. The first-order chi connectivity index (χ1) is 8.66. The summed E-state index contributed by atoms with van der Waals surface area (Å²) < 4.78 is 0. The lowest BCUT2D eigenvalue weighted by Gasteiger charge is -2.13. The van der Waals surface area contributed by atoms with Gasteiger partial charge in [-0.3, -0.25) is 4.98 Å². The fourth-order valence-electron chi connectivity index (χ4n) is 1.70. The van der Waals surface area contributed by atoms with Crippen molar-refractivity contribution in [1.29, 1.82) is 0 Å². The normalized spacial score (nSPS) is 14.6. The molecule has 0 radical (unpaired) electrons. The Balaban J connectivity index is 1.96. The van der Waals surface area contributed by atoms with Gasteiger partial charge in [0.2, 0.25) is 0 Å². The number of aliphatic hydroxyl groups excluding tert-OH is 1. The van der Waals surface area contributed by atoms with Crippen molar-refractivity contribution in [3.05, 3.63) is 42.1 Å². The number of hydrogen-bond acceptors (Lipinski definition) is 3. The predicted octanol–water partition coefficient (Wildman–Crippen LogP) is 3.48. The van der Waals surface area contributed by atoms with Crippen LogP contribution in [0.3, 0.4) is 0 Å². The summed E-state index contributed by atoms with van der Waals surface area (Å²) in [5.74, 6) is 2.27. The summed E-state index contributed by atoms with van der Waals surface area (Å²) in [5.41, 5.74) is 2.29. The van der Waals surface area contributed by atoms with Crippen LogP contribution >= 0.6 is 11.8 Å². The fraction of sp³-hybridized carbons (Fsp3) is 0.400. The average Bonchev–Trinajstić information content (AvgIpc) is 2.38. The Hall–Kier alpha value is -1.06. The van der Waals surface area contributed by atoms with Crippen LogP contribution in [0.15, 0.2) is 36.5 Å². The number of fused-ring (bicyclic) bond motifs is 1. The van der Waals surface area contributed by atoms with Crippen LogP contribution in [0.25, 0.3) is 10.9 Å². The van der Waals surface area contributed by atoms with Gasteiger partial charge in [0.05, 0.1) is 11.6 Å². The first kappa shape index (κ1) is 13.4. The summed E-state index contributed by atoms with van der Waals surface area (Å²) in [7, 11) is 0. The van der Waals surface area contributed by atoms with Gasteiger partial charge in [0.1, 0.15) is 0 Å². The molecule has 0 aliphatic carbocycles. The molecule has 96 valence electrons. The summed E-state index contributed by atoms with van der Waals surface area (Å²) in [5, 5.41) is 10.6. The van der Waals surface area contributed by atoms with Crippen LogP contribution in [0, 0.1) is 5.92 Å². The van der Waals surface area contributed by atoms with Crippen LogP contribution in [0.4, 0.5) is 0 Å². The molecule has 18 heavy (non-hydrogen) atoms. The summed E-state index contributed by atoms with van der Waals surface area (Å²) >= 11 is 1.85. The molecule has 1 aromatic carbocycles. The van der Waals surface area contributed by atoms with Crippen molar-refractivity contribution in [1.82, 2.24) is 4.98 Å². The monoisotopic (exact) mass is 261 g/mol. The first-order valence-corrected chi connectivity index (χ1v) is 7.42. The van der Waals surface area contributed by atoms with E-state index < -0.39 is 0 Å². The fourth-order valence-corrected chi connectivity index (χ4v) is 2.86. The van der Waals surface area contributed by atoms with Crippen molar-refractivity contribution in [2.24, 2.45) is 5.92 Å². The molecular weight excluding hydrogens is 242 g/mol. The third-order valence-corrected chi connectivity index (χ3v) is 4.42. The number of hydrogen-bond donors (Lipinski definition) is 1. The van der Waals surface area contributed by atoms with Crippen molar-refractivity contribution in [3.8, 4) is 0 Å². The van der Waals surface area contributed by atoms with Gasteiger partial charge >= 0.3 is 0 Å². The van der Waals surface area contributed by atoms with Crippen LogP contribution in [-0.4, -0.2) is 21.9 Å². The lowest BCUT2D eigenvalue weighted by atomic mass is 10.1. The number of aliphatic hydroxyl groups is 1. The third kappa shape index (κ3) is 3.47. The van der Waals surface area contributed by atoms with E-state index in [1.165, 1.54) is 10.9 Å². The summed E-state index contributed by atoms with van der Waals surface area (Å²) in [6, 6.07) is 10.4. The van der Waals surface area contributed by atoms with Crippen LogP contribution in [-0.2, 0) is 5.75 Å². The molecule has 0 aliphatic rings. The van der Waals surface area contributed by atoms with Crippen LogP contribution in [0.1, 0.15) is 19.4 Å². The van der Waals surface area contributed by atoms with Gasteiger partial charge in [-0.25, -0.2) is 0 Å². The van der Waals surface area contributed by atoms with Gasteiger partial charge < -0.3 is 5.11 Å². The second-order valence-corrected chi connectivity index (χ2v) is 5.80.